The number of benzene rings is 1. The number of nitrogens with zero attached hydrogens (tertiary/aromatic N) is 2. The molecule has 0 aromatic heterocycles. The lowest BCUT2D eigenvalue weighted by molar-refractivity contribution is 0.0183. The lowest BCUT2D eigenvalue weighted by Gasteiger charge is -2.33. The highest BCUT2D eigenvalue weighted by Crippen LogP contribution is 2.29. The first kappa shape index (κ1) is 32.5. The molecule has 2 heterocycles. The quantitative estimate of drug-likeness (QED) is 0.207. The van der Waals surface area contributed by atoms with Gasteiger partial charge in [0, 0.05) is 31.4 Å². The Hall–Kier alpha value is -3.49. The van der Waals surface area contributed by atoms with Gasteiger partial charge in [-0.05, 0) is 78.5 Å². The lowest BCUT2D eigenvalue weighted by Crippen LogP contribution is -2.43. The maximum atomic E-state index is 12.7. The van der Waals surface area contributed by atoms with Crippen molar-refractivity contribution < 1.29 is 14.3 Å². The van der Waals surface area contributed by atoms with Crippen molar-refractivity contribution in [3.8, 4) is 0 Å². The van der Waals surface area contributed by atoms with Gasteiger partial charge in [-0.15, -0.1) is 6.58 Å². The second kappa shape index (κ2) is 16.4. The van der Waals surface area contributed by atoms with E-state index in [1.807, 2.05) is 79.8 Å². The van der Waals surface area contributed by atoms with Crippen molar-refractivity contribution in [2.45, 2.75) is 80.0 Å². The van der Waals surface area contributed by atoms with E-state index in [1.165, 1.54) is 0 Å². The zero-order valence-electron chi connectivity index (χ0n) is 24.5. The molecular formula is C29H48N6O3. The molecule has 0 spiro atoms. The van der Waals surface area contributed by atoms with Gasteiger partial charge in [-0.3, -0.25) is 10.2 Å². The van der Waals surface area contributed by atoms with Crippen molar-refractivity contribution in [1.29, 1.82) is 0 Å². The van der Waals surface area contributed by atoms with Crippen LogP contribution in [0.5, 0.6) is 0 Å². The van der Waals surface area contributed by atoms with Gasteiger partial charge in [0.25, 0.3) is 5.91 Å². The van der Waals surface area contributed by atoms with E-state index in [1.54, 1.807) is 17.2 Å². The van der Waals surface area contributed by atoms with E-state index in [0.29, 0.717) is 31.1 Å². The molecule has 1 saturated heterocycles. The van der Waals surface area contributed by atoms with Crippen molar-refractivity contribution in [3.63, 3.8) is 0 Å². The number of ether oxygens (including phenoxy) is 1. The molecule has 0 bridgehead atoms. The van der Waals surface area contributed by atoms with Crippen LogP contribution in [-0.2, 0) is 4.74 Å². The Kier molecular flexibility index (Phi) is 14.0. The van der Waals surface area contributed by atoms with Gasteiger partial charge in [-0.1, -0.05) is 25.5 Å². The summed E-state index contributed by atoms with van der Waals surface area (Å²) in [7, 11) is 0. The van der Waals surface area contributed by atoms with Crippen LogP contribution >= 0.6 is 0 Å². The molecule has 212 valence electrons. The zero-order valence-corrected chi connectivity index (χ0v) is 24.5. The molecule has 1 atom stereocenters. The van der Waals surface area contributed by atoms with Crippen LogP contribution in [0, 0.1) is 5.92 Å². The molecule has 9 nitrogen and oxygen atoms in total. The number of allylic oxidation sites excluding steroid dienone is 2. The minimum absolute atomic E-state index is 0.100. The minimum Gasteiger partial charge on any atom is -0.444 e. The molecule has 0 aliphatic carbocycles. The van der Waals surface area contributed by atoms with Crippen molar-refractivity contribution in [1.82, 2.24) is 15.6 Å². The Morgan fingerprint density at radius 1 is 1.16 bits per heavy atom. The number of amides is 2. The summed E-state index contributed by atoms with van der Waals surface area (Å²) in [6, 6.07) is 5.56. The van der Waals surface area contributed by atoms with Crippen LogP contribution in [0.1, 0.15) is 78.6 Å². The minimum atomic E-state index is -0.489. The number of hydrazone groups is 1. The molecule has 9 heteroatoms. The van der Waals surface area contributed by atoms with E-state index in [-0.39, 0.29) is 18.2 Å². The smallest absolute Gasteiger partial charge is 0.410 e. The maximum Gasteiger partial charge on any atom is 0.410 e. The summed E-state index contributed by atoms with van der Waals surface area (Å²) in [5.74, 6) is 0.243. The van der Waals surface area contributed by atoms with Gasteiger partial charge in [0.05, 0.1) is 17.6 Å². The highest BCUT2D eigenvalue weighted by Gasteiger charge is 2.27. The van der Waals surface area contributed by atoms with Gasteiger partial charge >= 0.3 is 6.09 Å². The number of rotatable bonds is 6. The lowest BCUT2D eigenvalue weighted by atomic mass is 9.97. The number of nitrogens with one attached hydrogen (secondary N) is 4. The molecule has 2 aliphatic rings. The third-order valence-corrected chi connectivity index (χ3v) is 5.37. The van der Waals surface area contributed by atoms with Crippen LogP contribution in [-0.4, -0.2) is 54.5 Å². The van der Waals surface area contributed by atoms with Crippen molar-refractivity contribution in [2.75, 3.05) is 30.3 Å². The van der Waals surface area contributed by atoms with E-state index >= 15 is 0 Å². The predicted molar refractivity (Wildman–Crippen MR) is 159 cm³/mol. The topological polar surface area (TPSA) is 107 Å². The van der Waals surface area contributed by atoms with Crippen LogP contribution in [0.3, 0.4) is 0 Å². The molecule has 2 amide bonds. The monoisotopic (exact) mass is 528 g/mol. The Labute approximate surface area is 229 Å². The third kappa shape index (κ3) is 11.7. The summed E-state index contributed by atoms with van der Waals surface area (Å²) >= 11 is 0. The second-order valence-electron chi connectivity index (χ2n) is 10.2. The van der Waals surface area contributed by atoms with Gasteiger partial charge in [-0.25, -0.2) is 4.79 Å². The average Bonchev–Trinajstić information content (AvgIpc) is 3.28. The molecule has 0 radical (unpaired) electrons. The molecule has 3 rings (SSSR count). The number of carbonyl (C=O) groups excluding carboxylic acids is 2. The fourth-order valence-electron chi connectivity index (χ4n) is 3.65. The number of piperidine rings is 1. The summed E-state index contributed by atoms with van der Waals surface area (Å²) in [4.78, 5) is 26.6. The number of fused-ring (bicyclic) bond motifs is 1. The van der Waals surface area contributed by atoms with Crippen LogP contribution in [0.4, 0.5) is 16.2 Å². The first-order valence-corrected chi connectivity index (χ1v) is 13.4. The van der Waals surface area contributed by atoms with Gasteiger partial charge in [-0.2, -0.15) is 5.10 Å². The zero-order chi connectivity index (χ0) is 28.7. The van der Waals surface area contributed by atoms with Crippen molar-refractivity contribution in [3.05, 3.63) is 48.2 Å². The van der Waals surface area contributed by atoms with Crippen molar-refractivity contribution >= 4 is 29.6 Å². The van der Waals surface area contributed by atoms with E-state index < -0.39 is 5.60 Å². The first-order chi connectivity index (χ1) is 18.0. The van der Waals surface area contributed by atoms with E-state index in [0.717, 1.165) is 29.8 Å². The maximum absolute atomic E-state index is 12.7. The third-order valence-electron chi connectivity index (χ3n) is 5.37. The fourth-order valence-corrected chi connectivity index (χ4v) is 3.65. The number of hydrogen-bond acceptors (Lipinski definition) is 7. The molecule has 2 aliphatic heterocycles. The average molecular weight is 529 g/mol. The van der Waals surface area contributed by atoms with E-state index in [2.05, 4.69) is 33.1 Å². The molecule has 0 saturated carbocycles. The number of hydrogen-bond donors (Lipinski definition) is 4. The highest BCUT2D eigenvalue weighted by atomic mass is 16.6. The molecule has 4 N–H and O–H groups in total. The Balaban J connectivity index is 0.00000135. The molecule has 1 fully saturated rings. The van der Waals surface area contributed by atoms with E-state index in [9.17, 15) is 9.59 Å². The molecular weight excluding hydrogens is 480 g/mol. The van der Waals surface area contributed by atoms with Crippen LogP contribution < -0.4 is 21.4 Å². The van der Waals surface area contributed by atoms with Crippen LogP contribution in [0.15, 0.2) is 47.7 Å². The SMILES string of the molecule is C=CC.CC.CC(C)=CN/N=C/C1Nc2ccc(C(=O)NCC3CCN(C(=O)OC(C)(C)C)CC3)cc2N1. The largest absolute Gasteiger partial charge is 0.444 e. The standard InChI is InChI=1S/C24H36N6O3.C3H6.C2H6/c1-16(2)13-26-27-15-21-28-19-7-6-18(12-20(19)29-21)22(31)25-14-17-8-10-30(11-9-17)23(32)33-24(3,4)5;1-3-2;1-2/h6-7,12-13,15,17,21,26,28-29H,8-11,14H2,1-5H3,(H,25,31);3H,1H2,2H3;1-2H3/b27-15+;;. The fraction of sp³-hybridized carbons (Fsp3) is 0.552. The molecule has 1 unspecified atom stereocenters. The van der Waals surface area contributed by atoms with Gasteiger partial charge < -0.3 is 25.6 Å². The number of likely N-dealkylation sites (tertiary alicyclic amines) is 1. The Morgan fingerprint density at radius 2 is 1.76 bits per heavy atom. The first-order valence-electron chi connectivity index (χ1n) is 13.4. The summed E-state index contributed by atoms with van der Waals surface area (Å²) in [6.07, 6.45) is 6.59. The Bertz CT molecular complexity index is 956. The summed E-state index contributed by atoms with van der Waals surface area (Å²) in [5, 5.41) is 13.8. The highest BCUT2D eigenvalue weighted by molar-refractivity contribution is 5.97. The predicted octanol–water partition coefficient (Wildman–Crippen LogP) is 5.94. The van der Waals surface area contributed by atoms with Crippen molar-refractivity contribution in [2.24, 2.45) is 11.0 Å². The Morgan fingerprint density at radius 3 is 2.34 bits per heavy atom. The molecule has 1 aromatic rings. The molecule has 38 heavy (non-hydrogen) atoms. The molecule has 1 aromatic carbocycles. The summed E-state index contributed by atoms with van der Waals surface area (Å²) < 4.78 is 5.44. The van der Waals surface area contributed by atoms with Crippen LogP contribution in [0.25, 0.3) is 0 Å². The number of anilines is 2. The van der Waals surface area contributed by atoms with E-state index in [4.69, 9.17) is 4.74 Å². The number of carbonyl (C=O) groups is 2. The van der Waals surface area contributed by atoms with Crippen LogP contribution in [0.2, 0.25) is 0 Å². The summed E-state index contributed by atoms with van der Waals surface area (Å²) in [6.45, 7) is 20.7. The summed E-state index contributed by atoms with van der Waals surface area (Å²) in [5.41, 5.74) is 5.92. The van der Waals surface area contributed by atoms with Gasteiger partial charge in [0.1, 0.15) is 11.8 Å². The normalized spacial score (nSPS) is 16.3. The van der Waals surface area contributed by atoms with Gasteiger partial charge in [0.2, 0.25) is 0 Å². The second-order valence-corrected chi connectivity index (χ2v) is 10.2. The van der Waals surface area contributed by atoms with Gasteiger partial charge in [0.15, 0.2) is 0 Å².